The van der Waals surface area contributed by atoms with Gasteiger partial charge in [0.2, 0.25) is 0 Å². The molecule has 1 N–H and O–H groups in total. The molecule has 0 aromatic heterocycles. The van der Waals surface area contributed by atoms with E-state index in [-0.39, 0.29) is 72.6 Å². The smallest absolute Gasteiger partial charge is 0.346 e. The number of esters is 3. The van der Waals surface area contributed by atoms with E-state index < -0.39 is 39.9 Å². The molecule has 0 aliphatic heterocycles. The van der Waals surface area contributed by atoms with Gasteiger partial charge in [-0.05, 0) is 143 Å². The average molecular weight is 755 g/mol. The number of aliphatic hydroxyl groups is 1. The van der Waals surface area contributed by atoms with Crippen molar-refractivity contribution in [3.05, 3.63) is 48.1 Å². The lowest BCUT2D eigenvalue weighted by Crippen LogP contribution is -2.60. The number of ketones is 3. The average Bonchev–Trinajstić information content (AvgIpc) is 3.62. The van der Waals surface area contributed by atoms with Gasteiger partial charge < -0.3 is 14.6 Å². The minimum absolute atomic E-state index is 0.0125. The first-order chi connectivity index (χ1) is 26.1. The molecular formula is C46H58O9. The summed E-state index contributed by atoms with van der Waals surface area (Å²) in [6.45, 7) is 10.2. The highest BCUT2D eigenvalue weighted by atomic mass is 16.6. The minimum atomic E-state index is -1.99. The van der Waals surface area contributed by atoms with Crippen molar-refractivity contribution in [3.63, 3.8) is 0 Å². The molecule has 0 bridgehead atoms. The second kappa shape index (κ2) is 13.6. The number of ether oxygens (including phenoxy) is 2. The number of rotatable bonds is 8. The van der Waals surface area contributed by atoms with Crippen LogP contribution < -0.4 is 0 Å². The van der Waals surface area contributed by atoms with Crippen LogP contribution in [0.4, 0.5) is 0 Å². The van der Waals surface area contributed by atoms with E-state index in [0.29, 0.717) is 49.4 Å². The van der Waals surface area contributed by atoms with Gasteiger partial charge in [0.05, 0.1) is 0 Å². The van der Waals surface area contributed by atoms with Gasteiger partial charge in [-0.3, -0.25) is 24.0 Å². The van der Waals surface area contributed by atoms with Crippen molar-refractivity contribution in [1.29, 1.82) is 0 Å². The molecule has 8 rings (SSSR count). The predicted molar refractivity (Wildman–Crippen MR) is 203 cm³/mol. The highest BCUT2D eigenvalue weighted by Gasteiger charge is 2.70. The molecule has 8 aliphatic rings. The maximum atomic E-state index is 13.9. The van der Waals surface area contributed by atoms with E-state index in [1.165, 1.54) is 5.57 Å². The molecule has 9 heteroatoms. The molecule has 12 atom stereocenters. The lowest BCUT2D eigenvalue weighted by atomic mass is 9.47. The standard InChI is InChI=1S/C46H58O9/c1-5-44-21-17-32-31-15-12-29(47)24-27(31)10-13-33(32)36(44)18-22-45(44,6-2)55-39(51)9-7-8-38(50)54-41(52)46(53)23-19-35-34-14-11-28-25-30(48)16-20-42(28,3)40(34)37(49)26-43(35,46)4/h6,16,20,24-25,31-36,40,53H,2,5,7-15,17-19,21-23,26H2,1,3-4H3. The van der Waals surface area contributed by atoms with Crippen LogP contribution in [0.3, 0.4) is 0 Å². The van der Waals surface area contributed by atoms with Gasteiger partial charge in [0.15, 0.2) is 17.2 Å². The SMILES string of the molecule is C=CC1(OC(=O)CCCC(=O)OC(=O)C2(O)CCC3C4CCC5=CC(=O)C=CC5(C)C4C(=O)CC32C)CCC2C3CCC4=CC(=O)CCC4C3CCC21CC. The summed E-state index contributed by atoms with van der Waals surface area (Å²) in [6, 6.07) is 0. The number of Topliss-reactive ketones (excluding diaryl/α,β-unsaturated/α-hetero) is 1. The van der Waals surface area contributed by atoms with E-state index in [1.807, 2.05) is 25.2 Å². The highest BCUT2D eigenvalue weighted by Crippen LogP contribution is 2.68. The molecule has 0 heterocycles. The van der Waals surface area contributed by atoms with Crippen molar-refractivity contribution in [1.82, 2.24) is 0 Å². The fraction of sp³-hybridized carbons (Fsp3) is 0.696. The molecule has 0 spiro atoms. The van der Waals surface area contributed by atoms with Gasteiger partial charge in [-0.1, -0.05) is 44.6 Å². The molecule has 296 valence electrons. The van der Waals surface area contributed by atoms with Crippen molar-refractivity contribution in [2.24, 2.45) is 57.7 Å². The molecule has 0 aromatic carbocycles. The predicted octanol–water partition coefficient (Wildman–Crippen LogP) is 7.44. The maximum absolute atomic E-state index is 13.9. The zero-order chi connectivity index (χ0) is 39.1. The van der Waals surface area contributed by atoms with Crippen molar-refractivity contribution < 1.29 is 43.3 Å². The third kappa shape index (κ3) is 5.62. The fourth-order valence-corrected chi connectivity index (χ4v) is 14.5. The summed E-state index contributed by atoms with van der Waals surface area (Å²) < 4.78 is 11.7. The lowest BCUT2D eigenvalue weighted by Gasteiger charge is -2.57. The largest absolute Gasteiger partial charge is 0.454 e. The van der Waals surface area contributed by atoms with E-state index in [4.69, 9.17) is 9.47 Å². The summed E-state index contributed by atoms with van der Waals surface area (Å²) in [5.41, 5.74) is -2.30. The molecule has 9 nitrogen and oxygen atoms in total. The Labute approximate surface area is 324 Å². The molecule has 0 amide bonds. The Kier molecular flexibility index (Phi) is 9.49. The normalized spacial score (nSPS) is 44.1. The Bertz CT molecular complexity index is 1820. The molecule has 6 fully saturated rings. The Morgan fingerprint density at radius 2 is 1.62 bits per heavy atom. The van der Waals surface area contributed by atoms with Gasteiger partial charge in [0, 0.05) is 47.8 Å². The van der Waals surface area contributed by atoms with Crippen LogP contribution in [0.15, 0.2) is 48.1 Å². The van der Waals surface area contributed by atoms with Crippen molar-refractivity contribution >= 4 is 35.3 Å². The molecule has 0 radical (unpaired) electrons. The number of fused-ring (bicyclic) bond motifs is 10. The van der Waals surface area contributed by atoms with E-state index >= 15 is 0 Å². The first kappa shape index (κ1) is 38.4. The maximum Gasteiger partial charge on any atom is 0.346 e. The zero-order valence-corrected chi connectivity index (χ0v) is 32.9. The van der Waals surface area contributed by atoms with Crippen LogP contribution >= 0.6 is 0 Å². The van der Waals surface area contributed by atoms with E-state index in [9.17, 15) is 33.9 Å². The number of hydrogen-bond donors (Lipinski definition) is 1. The van der Waals surface area contributed by atoms with Crippen molar-refractivity contribution in [2.45, 2.75) is 141 Å². The second-order valence-electron chi connectivity index (χ2n) is 19.0. The molecular weight excluding hydrogens is 696 g/mol. The monoisotopic (exact) mass is 754 g/mol. The van der Waals surface area contributed by atoms with Gasteiger partial charge in [-0.2, -0.15) is 0 Å². The van der Waals surface area contributed by atoms with Crippen LogP contribution in [0.2, 0.25) is 0 Å². The Morgan fingerprint density at radius 1 is 0.873 bits per heavy atom. The molecule has 0 saturated heterocycles. The first-order valence-corrected chi connectivity index (χ1v) is 21.2. The molecule has 8 aliphatic carbocycles. The van der Waals surface area contributed by atoms with Crippen LogP contribution in [0.1, 0.15) is 130 Å². The molecule has 12 unspecified atom stereocenters. The quantitative estimate of drug-likeness (QED) is 0.152. The summed E-state index contributed by atoms with van der Waals surface area (Å²) >= 11 is 0. The number of hydrogen-bond acceptors (Lipinski definition) is 9. The second-order valence-corrected chi connectivity index (χ2v) is 19.0. The van der Waals surface area contributed by atoms with Crippen LogP contribution in [0.5, 0.6) is 0 Å². The van der Waals surface area contributed by atoms with E-state index in [0.717, 1.165) is 56.9 Å². The number of carbonyl (C=O) groups excluding carboxylic acids is 6. The summed E-state index contributed by atoms with van der Waals surface area (Å²) in [4.78, 5) is 78.4. The third-order valence-electron chi connectivity index (χ3n) is 17.1. The van der Waals surface area contributed by atoms with Gasteiger partial charge in [0.1, 0.15) is 11.4 Å². The van der Waals surface area contributed by atoms with E-state index in [1.54, 1.807) is 19.1 Å². The number of carbonyl (C=O) groups is 6. The summed E-state index contributed by atoms with van der Waals surface area (Å²) in [5.74, 6) is -0.585. The number of allylic oxidation sites excluding steroid dienone is 5. The van der Waals surface area contributed by atoms with Crippen LogP contribution in [0.25, 0.3) is 0 Å². The summed E-state index contributed by atoms with van der Waals surface area (Å²) in [6.07, 6.45) is 19.0. The van der Waals surface area contributed by atoms with Gasteiger partial charge in [-0.15, -0.1) is 0 Å². The minimum Gasteiger partial charge on any atom is -0.454 e. The first-order valence-electron chi connectivity index (χ1n) is 21.2. The Balaban J connectivity index is 0.874. The highest BCUT2D eigenvalue weighted by molar-refractivity contribution is 6.02. The third-order valence-corrected chi connectivity index (χ3v) is 17.1. The molecule has 0 aromatic rings. The fourth-order valence-electron chi connectivity index (χ4n) is 14.5. The van der Waals surface area contributed by atoms with Crippen molar-refractivity contribution in [2.75, 3.05) is 0 Å². The lowest BCUT2D eigenvalue weighted by molar-refractivity contribution is -0.190. The Morgan fingerprint density at radius 3 is 2.38 bits per heavy atom. The summed E-state index contributed by atoms with van der Waals surface area (Å²) in [7, 11) is 0. The van der Waals surface area contributed by atoms with Gasteiger partial charge in [-0.25, -0.2) is 4.79 Å². The van der Waals surface area contributed by atoms with Crippen LogP contribution in [-0.2, 0) is 38.2 Å². The van der Waals surface area contributed by atoms with Gasteiger partial charge >= 0.3 is 17.9 Å². The van der Waals surface area contributed by atoms with Gasteiger partial charge in [0.25, 0.3) is 0 Å². The van der Waals surface area contributed by atoms with Crippen LogP contribution in [-0.4, -0.2) is 51.6 Å². The van der Waals surface area contributed by atoms with Crippen LogP contribution in [0, 0.1) is 57.7 Å². The molecule has 6 saturated carbocycles. The van der Waals surface area contributed by atoms with E-state index in [2.05, 4.69) is 13.5 Å². The zero-order valence-electron chi connectivity index (χ0n) is 32.9. The topological polar surface area (TPSA) is 141 Å². The summed E-state index contributed by atoms with van der Waals surface area (Å²) in [5, 5.41) is 12.0. The Hall–Kier alpha value is -3.46. The molecule has 55 heavy (non-hydrogen) atoms. The van der Waals surface area contributed by atoms with Crippen molar-refractivity contribution in [3.8, 4) is 0 Å².